The third kappa shape index (κ3) is 5.43. The van der Waals surface area contributed by atoms with Gasteiger partial charge in [-0.1, -0.05) is 81.8 Å². The zero-order valence-corrected chi connectivity index (χ0v) is 18.9. The summed E-state index contributed by atoms with van der Waals surface area (Å²) in [7, 11) is 0. The number of nitrogens with one attached hydrogen (secondary N) is 1. The van der Waals surface area contributed by atoms with Crippen LogP contribution in [0.15, 0.2) is 72.4 Å². The lowest BCUT2D eigenvalue weighted by molar-refractivity contribution is -0.152. The van der Waals surface area contributed by atoms with Crippen LogP contribution >= 0.6 is 0 Å². The van der Waals surface area contributed by atoms with Crippen molar-refractivity contribution in [2.45, 2.75) is 58.5 Å². The molecule has 0 aliphatic heterocycles. The minimum Gasteiger partial charge on any atom is -0.457 e. The van der Waals surface area contributed by atoms with E-state index < -0.39 is 5.97 Å². The molecule has 1 aliphatic carbocycles. The standard InChI is InChI=1S/C27H33NO3/c1-5-23(28-25(29)20-12-8-6-9-13-20)26(30)31-24-18-19(2)16-17-22(24)27(3,4)21-14-10-7-11-15-21/h5-15,19,22,24H,16-18H2,1-4H3,(H,28,29)/b23-5-/t19-,22-,24-/m1/s1. The molecule has 0 spiro atoms. The van der Waals surface area contributed by atoms with Gasteiger partial charge in [0.25, 0.3) is 5.91 Å². The van der Waals surface area contributed by atoms with E-state index in [9.17, 15) is 9.59 Å². The maximum atomic E-state index is 13.0. The molecule has 1 amide bonds. The quantitative estimate of drug-likeness (QED) is 0.486. The topological polar surface area (TPSA) is 55.4 Å². The van der Waals surface area contributed by atoms with E-state index in [1.807, 2.05) is 12.1 Å². The Labute approximate surface area is 185 Å². The molecule has 3 atom stereocenters. The normalized spacial score (nSPS) is 21.9. The summed E-state index contributed by atoms with van der Waals surface area (Å²) in [4.78, 5) is 25.5. The zero-order valence-electron chi connectivity index (χ0n) is 18.9. The van der Waals surface area contributed by atoms with Crippen LogP contribution < -0.4 is 5.32 Å². The number of carbonyl (C=O) groups is 2. The van der Waals surface area contributed by atoms with Gasteiger partial charge in [0.15, 0.2) is 0 Å². The second-order valence-corrected chi connectivity index (χ2v) is 9.08. The van der Waals surface area contributed by atoms with Crippen LogP contribution in [0.5, 0.6) is 0 Å². The minimum atomic E-state index is -0.472. The Morgan fingerprint density at radius 3 is 2.23 bits per heavy atom. The third-order valence-electron chi connectivity index (χ3n) is 6.55. The molecule has 2 aromatic rings. The second-order valence-electron chi connectivity index (χ2n) is 9.08. The van der Waals surface area contributed by atoms with Gasteiger partial charge in [0, 0.05) is 11.5 Å². The Morgan fingerprint density at radius 1 is 1.00 bits per heavy atom. The fraction of sp³-hybridized carbons (Fsp3) is 0.407. The molecule has 0 bridgehead atoms. The van der Waals surface area contributed by atoms with Gasteiger partial charge in [0.1, 0.15) is 11.8 Å². The Balaban J connectivity index is 1.75. The molecule has 4 heteroatoms. The minimum absolute atomic E-state index is 0.129. The average Bonchev–Trinajstić information content (AvgIpc) is 2.78. The number of benzene rings is 2. The van der Waals surface area contributed by atoms with Gasteiger partial charge < -0.3 is 10.1 Å². The van der Waals surface area contributed by atoms with Crippen molar-refractivity contribution in [1.82, 2.24) is 5.32 Å². The van der Waals surface area contributed by atoms with Crippen LogP contribution in [-0.2, 0) is 14.9 Å². The van der Waals surface area contributed by atoms with Crippen molar-refractivity contribution in [1.29, 1.82) is 0 Å². The number of esters is 1. The van der Waals surface area contributed by atoms with E-state index in [-0.39, 0.29) is 29.0 Å². The molecule has 31 heavy (non-hydrogen) atoms. The van der Waals surface area contributed by atoms with E-state index >= 15 is 0 Å². The van der Waals surface area contributed by atoms with E-state index in [0.717, 1.165) is 19.3 Å². The number of carbonyl (C=O) groups excluding carboxylic acids is 2. The number of allylic oxidation sites excluding steroid dienone is 1. The van der Waals surface area contributed by atoms with Crippen LogP contribution in [0.25, 0.3) is 0 Å². The third-order valence-corrected chi connectivity index (χ3v) is 6.55. The van der Waals surface area contributed by atoms with Gasteiger partial charge >= 0.3 is 5.97 Å². The van der Waals surface area contributed by atoms with Crippen molar-refractivity contribution in [2.24, 2.45) is 11.8 Å². The summed E-state index contributed by atoms with van der Waals surface area (Å²) >= 11 is 0. The first-order valence-electron chi connectivity index (χ1n) is 11.1. The van der Waals surface area contributed by atoms with Crippen LogP contribution in [0.3, 0.4) is 0 Å². The van der Waals surface area contributed by atoms with Crippen molar-refractivity contribution in [3.05, 3.63) is 83.6 Å². The van der Waals surface area contributed by atoms with E-state index in [0.29, 0.717) is 11.5 Å². The second kappa shape index (κ2) is 9.95. The number of ether oxygens (including phenoxy) is 1. The van der Waals surface area contributed by atoms with Gasteiger partial charge in [-0.2, -0.15) is 0 Å². The zero-order chi connectivity index (χ0) is 22.4. The molecule has 164 valence electrons. The Bertz CT molecular complexity index is 918. The molecular formula is C27H33NO3. The van der Waals surface area contributed by atoms with Gasteiger partial charge in [0.2, 0.25) is 0 Å². The molecule has 1 saturated carbocycles. The van der Waals surface area contributed by atoms with Gasteiger partial charge in [-0.15, -0.1) is 0 Å². The highest BCUT2D eigenvalue weighted by molar-refractivity contribution is 6.01. The first kappa shape index (κ1) is 22.8. The average molecular weight is 420 g/mol. The molecule has 0 unspecified atom stereocenters. The van der Waals surface area contributed by atoms with Gasteiger partial charge in [-0.05, 0) is 48.8 Å². The summed E-state index contributed by atoms with van der Waals surface area (Å²) in [5.41, 5.74) is 1.81. The fourth-order valence-corrected chi connectivity index (χ4v) is 4.59. The molecule has 1 aliphatic rings. The summed E-state index contributed by atoms with van der Waals surface area (Å²) < 4.78 is 6.05. The molecular weight excluding hydrogens is 386 g/mol. The SMILES string of the molecule is C/C=C(\NC(=O)c1ccccc1)C(=O)O[C@@H]1C[C@H](C)CC[C@H]1C(C)(C)c1ccccc1. The van der Waals surface area contributed by atoms with Gasteiger partial charge in [-0.25, -0.2) is 4.79 Å². The number of rotatable bonds is 6. The highest BCUT2D eigenvalue weighted by Gasteiger charge is 2.42. The highest BCUT2D eigenvalue weighted by Crippen LogP contribution is 2.43. The molecule has 0 radical (unpaired) electrons. The van der Waals surface area contributed by atoms with Crippen LogP contribution in [-0.4, -0.2) is 18.0 Å². The van der Waals surface area contributed by atoms with E-state index in [4.69, 9.17) is 4.74 Å². The van der Waals surface area contributed by atoms with Crippen molar-refractivity contribution >= 4 is 11.9 Å². The largest absolute Gasteiger partial charge is 0.457 e. The molecule has 0 aromatic heterocycles. The van der Waals surface area contributed by atoms with Crippen LogP contribution in [0.2, 0.25) is 0 Å². The smallest absolute Gasteiger partial charge is 0.354 e. The number of hydrogen-bond donors (Lipinski definition) is 1. The summed E-state index contributed by atoms with van der Waals surface area (Å²) in [6.45, 7) is 8.41. The van der Waals surface area contributed by atoms with Crippen LogP contribution in [0.4, 0.5) is 0 Å². The molecule has 1 fully saturated rings. The van der Waals surface area contributed by atoms with Crippen molar-refractivity contribution in [3.8, 4) is 0 Å². The lowest BCUT2D eigenvalue weighted by Gasteiger charge is -2.44. The Morgan fingerprint density at radius 2 is 1.61 bits per heavy atom. The molecule has 2 aromatic carbocycles. The Hall–Kier alpha value is -2.88. The molecule has 4 nitrogen and oxygen atoms in total. The monoisotopic (exact) mass is 419 g/mol. The maximum absolute atomic E-state index is 13.0. The van der Waals surface area contributed by atoms with Crippen molar-refractivity contribution in [2.75, 3.05) is 0 Å². The lowest BCUT2D eigenvalue weighted by Crippen LogP contribution is -2.44. The van der Waals surface area contributed by atoms with E-state index in [2.05, 4.69) is 50.4 Å². The van der Waals surface area contributed by atoms with Gasteiger partial charge in [-0.3, -0.25) is 4.79 Å². The highest BCUT2D eigenvalue weighted by atomic mass is 16.5. The predicted molar refractivity (Wildman–Crippen MR) is 124 cm³/mol. The summed E-state index contributed by atoms with van der Waals surface area (Å²) in [6, 6.07) is 19.3. The molecule has 3 rings (SSSR count). The van der Waals surface area contributed by atoms with Gasteiger partial charge in [0.05, 0.1) is 0 Å². The maximum Gasteiger partial charge on any atom is 0.354 e. The lowest BCUT2D eigenvalue weighted by atomic mass is 9.64. The van der Waals surface area contributed by atoms with Crippen molar-refractivity contribution < 1.29 is 14.3 Å². The summed E-state index contributed by atoms with van der Waals surface area (Å²) in [5.74, 6) is -0.0878. The van der Waals surface area contributed by atoms with E-state index in [1.54, 1.807) is 37.3 Å². The predicted octanol–water partition coefficient (Wildman–Crippen LogP) is 5.65. The first-order valence-corrected chi connectivity index (χ1v) is 11.1. The molecule has 1 N–H and O–H groups in total. The molecule has 0 heterocycles. The van der Waals surface area contributed by atoms with Crippen molar-refractivity contribution in [3.63, 3.8) is 0 Å². The van der Waals surface area contributed by atoms with Crippen LogP contribution in [0.1, 0.15) is 62.9 Å². The fourth-order valence-electron chi connectivity index (χ4n) is 4.59. The van der Waals surface area contributed by atoms with E-state index in [1.165, 1.54) is 5.56 Å². The number of amides is 1. The Kier molecular flexibility index (Phi) is 7.32. The molecule has 0 saturated heterocycles. The summed E-state index contributed by atoms with van der Waals surface area (Å²) in [6.07, 6.45) is 4.36. The van der Waals surface area contributed by atoms with Crippen LogP contribution in [0, 0.1) is 11.8 Å². The number of hydrogen-bond acceptors (Lipinski definition) is 3. The summed E-state index contributed by atoms with van der Waals surface area (Å²) in [5, 5.41) is 2.72. The first-order chi connectivity index (χ1) is 14.8.